The number of hydrogen-bond acceptors (Lipinski definition) is 2. The summed E-state index contributed by atoms with van der Waals surface area (Å²) >= 11 is 0. The van der Waals surface area contributed by atoms with Gasteiger partial charge in [-0.3, -0.25) is 4.79 Å². The Kier molecular flexibility index (Phi) is 2.71. The maximum absolute atomic E-state index is 12.2. The first-order valence-electron chi connectivity index (χ1n) is 6.33. The van der Waals surface area contributed by atoms with Crippen LogP contribution < -0.4 is 0 Å². The van der Waals surface area contributed by atoms with Crippen LogP contribution in [0.15, 0.2) is 42.2 Å². The average molecular weight is 228 g/mol. The molecule has 1 aromatic carbocycles. The quantitative estimate of drug-likeness (QED) is 0.726. The fourth-order valence-corrected chi connectivity index (χ4v) is 2.72. The molecule has 1 fully saturated rings. The van der Waals surface area contributed by atoms with E-state index in [0.717, 1.165) is 18.4 Å². The average Bonchev–Trinajstić information content (AvgIpc) is 2.82. The normalized spacial score (nSPS) is 26.9. The molecule has 1 aromatic rings. The lowest BCUT2D eigenvalue weighted by atomic mass is 9.87. The number of allylic oxidation sites excluding steroid dienone is 1. The molecule has 0 unspecified atom stereocenters. The first-order chi connectivity index (χ1) is 8.34. The van der Waals surface area contributed by atoms with E-state index in [9.17, 15) is 4.79 Å². The van der Waals surface area contributed by atoms with E-state index in [1.807, 2.05) is 36.4 Å². The van der Waals surface area contributed by atoms with Gasteiger partial charge in [-0.15, -0.1) is 0 Å². The predicted octanol–water partition coefficient (Wildman–Crippen LogP) is 3.34. The van der Waals surface area contributed by atoms with Gasteiger partial charge in [-0.1, -0.05) is 36.8 Å². The van der Waals surface area contributed by atoms with E-state index in [2.05, 4.69) is 0 Å². The van der Waals surface area contributed by atoms with Crippen LogP contribution in [0.5, 0.6) is 0 Å². The van der Waals surface area contributed by atoms with Gasteiger partial charge in [0.05, 0.1) is 0 Å². The standard InChI is InChI=1S/C15H16O2/c16-15(11-6-2-1-3-7-11)14-10-12-8-4-5-9-13(12)17-14/h1-3,6-7,10,12-13H,4-5,8-9H2/t12-,13-/m0/s1. The monoisotopic (exact) mass is 228 g/mol. The summed E-state index contributed by atoms with van der Waals surface area (Å²) in [5, 5.41) is 0. The smallest absolute Gasteiger partial charge is 0.227 e. The number of ether oxygens (including phenoxy) is 1. The van der Waals surface area contributed by atoms with Crippen molar-refractivity contribution in [1.82, 2.24) is 0 Å². The van der Waals surface area contributed by atoms with E-state index in [0.29, 0.717) is 11.7 Å². The molecule has 1 aliphatic heterocycles. The van der Waals surface area contributed by atoms with Crippen molar-refractivity contribution in [3.8, 4) is 0 Å². The van der Waals surface area contributed by atoms with Gasteiger partial charge in [-0.05, 0) is 25.3 Å². The topological polar surface area (TPSA) is 26.3 Å². The Balaban J connectivity index is 1.80. The fraction of sp³-hybridized carbons (Fsp3) is 0.400. The number of benzene rings is 1. The summed E-state index contributed by atoms with van der Waals surface area (Å²) in [4.78, 5) is 12.2. The Hall–Kier alpha value is -1.57. The zero-order valence-corrected chi connectivity index (χ0v) is 9.76. The predicted molar refractivity (Wildman–Crippen MR) is 65.7 cm³/mol. The Morgan fingerprint density at radius 2 is 1.88 bits per heavy atom. The molecule has 2 heteroatoms. The maximum Gasteiger partial charge on any atom is 0.227 e. The van der Waals surface area contributed by atoms with E-state index in [4.69, 9.17) is 4.74 Å². The second kappa shape index (κ2) is 4.36. The Morgan fingerprint density at radius 1 is 1.12 bits per heavy atom. The van der Waals surface area contributed by atoms with Crippen LogP contribution in [0, 0.1) is 5.92 Å². The van der Waals surface area contributed by atoms with Crippen molar-refractivity contribution in [2.24, 2.45) is 5.92 Å². The summed E-state index contributed by atoms with van der Waals surface area (Å²) in [6.45, 7) is 0. The third kappa shape index (κ3) is 1.99. The van der Waals surface area contributed by atoms with Crippen molar-refractivity contribution in [2.75, 3.05) is 0 Å². The molecule has 0 N–H and O–H groups in total. The maximum atomic E-state index is 12.2. The third-order valence-corrected chi connectivity index (χ3v) is 3.66. The second-order valence-electron chi connectivity index (χ2n) is 4.83. The van der Waals surface area contributed by atoms with Crippen molar-refractivity contribution in [3.05, 3.63) is 47.7 Å². The van der Waals surface area contributed by atoms with Crippen LogP contribution in [0.25, 0.3) is 0 Å². The molecular formula is C15H16O2. The summed E-state index contributed by atoms with van der Waals surface area (Å²) in [6, 6.07) is 9.37. The molecular weight excluding hydrogens is 212 g/mol. The van der Waals surface area contributed by atoms with Crippen LogP contribution in [-0.2, 0) is 4.74 Å². The van der Waals surface area contributed by atoms with Gasteiger partial charge in [0.2, 0.25) is 5.78 Å². The molecule has 0 saturated heterocycles. The molecule has 88 valence electrons. The van der Waals surface area contributed by atoms with E-state index in [-0.39, 0.29) is 11.9 Å². The first kappa shape index (κ1) is 10.6. The molecule has 17 heavy (non-hydrogen) atoms. The summed E-state index contributed by atoms with van der Waals surface area (Å²) in [5.74, 6) is 1.06. The van der Waals surface area contributed by atoms with E-state index in [1.165, 1.54) is 12.8 Å². The molecule has 0 radical (unpaired) electrons. The molecule has 0 aromatic heterocycles. The number of fused-ring (bicyclic) bond motifs is 1. The lowest BCUT2D eigenvalue weighted by Gasteiger charge is -2.23. The van der Waals surface area contributed by atoms with Gasteiger partial charge in [0, 0.05) is 11.5 Å². The minimum atomic E-state index is 0.0278. The second-order valence-corrected chi connectivity index (χ2v) is 4.83. The molecule has 1 heterocycles. The summed E-state index contributed by atoms with van der Waals surface area (Å²) in [5.41, 5.74) is 0.720. The first-order valence-corrected chi connectivity index (χ1v) is 6.33. The molecule has 2 nitrogen and oxygen atoms in total. The van der Waals surface area contributed by atoms with Gasteiger partial charge in [0.1, 0.15) is 6.10 Å². The number of hydrogen-bond donors (Lipinski definition) is 0. The summed E-state index contributed by atoms with van der Waals surface area (Å²) in [7, 11) is 0. The van der Waals surface area contributed by atoms with Crippen molar-refractivity contribution >= 4 is 5.78 Å². The Labute approximate surface area is 101 Å². The minimum Gasteiger partial charge on any atom is -0.486 e. The highest BCUT2D eigenvalue weighted by Gasteiger charge is 2.33. The minimum absolute atomic E-state index is 0.0278. The van der Waals surface area contributed by atoms with Crippen LogP contribution in [0.3, 0.4) is 0 Å². The van der Waals surface area contributed by atoms with Gasteiger partial charge in [-0.25, -0.2) is 0 Å². The Morgan fingerprint density at radius 3 is 2.65 bits per heavy atom. The largest absolute Gasteiger partial charge is 0.486 e. The lowest BCUT2D eigenvalue weighted by molar-refractivity contribution is 0.0663. The third-order valence-electron chi connectivity index (χ3n) is 3.66. The van der Waals surface area contributed by atoms with Crippen molar-refractivity contribution in [2.45, 2.75) is 31.8 Å². The Bertz CT molecular complexity index is 447. The number of carbonyl (C=O) groups excluding carboxylic acids is 1. The molecule has 1 aliphatic carbocycles. The molecule has 2 aliphatic rings. The number of Topliss-reactive ketones (excluding diaryl/α,β-unsaturated/α-hetero) is 1. The number of rotatable bonds is 2. The van der Waals surface area contributed by atoms with Crippen molar-refractivity contribution in [1.29, 1.82) is 0 Å². The van der Waals surface area contributed by atoms with Crippen LogP contribution in [0.4, 0.5) is 0 Å². The van der Waals surface area contributed by atoms with Crippen LogP contribution in [-0.4, -0.2) is 11.9 Å². The number of carbonyl (C=O) groups is 1. The van der Waals surface area contributed by atoms with E-state index in [1.54, 1.807) is 0 Å². The molecule has 2 atom stereocenters. The lowest BCUT2D eigenvalue weighted by Crippen LogP contribution is -2.21. The highest BCUT2D eigenvalue weighted by Crippen LogP contribution is 2.35. The van der Waals surface area contributed by atoms with Crippen molar-refractivity contribution < 1.29 is 9.53 Å². The van der Waals surface area contributed by atoms with Crippen molar-refractivity contribution in [3.63, 3.8) is 0 Å². The molecule has 1 saturated carbocycles. The van der Waals surface area contributed by atoms with Gasteiger partial charge < -0.3 is 4.74 Å². The molecule has 0 amide bonds. The fourth-order valence-electron chi connectivity index (χ4n) is 2.72. The number of ketones is 1. The van der Waals surface area contributed by atoms with E-state index < -0.39 is 0 Å². The van der Waals surface area contributed by atoms with Gasteiger partial charge in [-0.2, -0.15) is 0 Å². The van der Waals surface area contributed by atoms with Crippen LogP contribution in [0.1, 0.15) is 36.0 Å². The molecule has 0 bridgehead atoms. The SMILES string of the molecule is O=C(C1=C[C@@H]2CCCC[C@@H]2O1)c1ccccc1. The van der Waals surface area contributed by atoms with Gasteiger partial charge in [0.25, 0.3) is 0 Å². The zero-order valence-electron chi connectivity index (χ0n) is 9.76. The van der Waals surface area contributed by atoms with Crippen LogP contribution in [0.2, 0.25) is 0 Å². The van der Waals surface area contributed by atoms with Gasteiger partial charge >= 0.3 is 0 Å². The van der Waals surface area contributed by atoms with Gasteiger partial charge in [0.15, 0.2) is 5.76 Å². The molecule has 0 spiro atoms. The summed E-state index contributed by atoms with van der Waals surface area (Å²) < 4.78 is 5.79. The highest BCUT2D eigenvalue weighted by molar-refractivity contribution is 6.07. The highest BCUT2D eigenvalue weighted by atomic mass is 16.5. The van der Waals surface area contributed by atoms with Crippen LogP contribution >= 0.6 is 0 Å². The molecule has 3 rings (SSSR count). The summed E-state index contributed by atoms with van der Waals surface area (Å²) in [6.07, 6.45) is 7.03. The zero-order chi connectivity index (χ0) is 11.7. The van der Waals surface area contributed by atoms with E-state index >= 15 is 0 Å².